The van der Waals surface area contributed by atoms with E-state index in [0.29, 0.717) is 17.2 Å². The van der Waals surface area contributed by atoms with E-state index in [1.165, 1.54) is 12.8 Å². The monoisotopic (exact) mass is 192 g/mol. The van der Waals surface area contributed by atoms with E-state index in [9.17, 15) is 4.79 Å². The standard InChI is InChI=1S/C11H16N2O/c1-11(2)5-3-4-10(11)13-8-12-6-9(13)7-14/h6-8,10H,3-5H2,1-2H3. The van der Waals surface area contributed by atoms with Gasteiger partial charge in [-0.25, -0.2) is 4.98 Å². The Bertz CT molecular complexity index is 341. The number of imidazole rings is 1. The van der Waals surface area contributed by atoms with Gasteiger partial charge >= 0.3 is 0 Å². The highest BCUT2D eigenvalue weighted by Gasteiger charge is 2.36. The van der Waals surface area contributed by atoms with Crippen LogP contribution < -0.4 is 0 Å². The molecule has 1 heterocycles. The van der Waals surface area contributed by atoms with Gasteiger partial charge in [0.25, 0.3) is 0 Å². The topological polar surface area (TPSA) is 34.9 Å². The van der Waals surface area contributed by atoms with E-state index in [0.717, 1.165) is 12.7 Å². The minimum atomic E-state index is 0.290. The molecule has 1 atom stereocenters. The lowest BCUT2D eigenvalue weighted by Gasteiger charge is -2.28. The first-order valence-electron chi connectivity index (χ1n) is 5.12. The SMILES string of the molecule is CC1(C)CCCC1n1cncc1C=O. The maximum atomic E-state index is 10.8. The van der Waals surface area contributed by atoms with Gasteiger partial charge in [-0.05, 0) is 18.3 Å². The summed E-state index contributed by atoms with van der Waals surface area (Å²) in [5.41, 5.74) is 0.989. The molecule has 0 aromatic carbocycles. The van der Waals surface area contributed by atoms with E-state index in [2.05, 4.69) is 18.8 Å². The molecular formula is C11H16N2O. The van der Waals surface area contributed by atoms with E-state index in [1.807, 2.05) is 4.57 Å². The van der Waals surface area contributed by atoms with E-state index < -0.39 is 0 Å². The quantitative estimate of drug-likeness (QED) is 0.674. The van der Waals surface area contributed by atoms with Crippen LogP contribution in [0.4, 0.5) is 0 Å². The van der Waals surface area contributed by atoms with Crippen molar-refractivity contribution in [3.05, 3.63) is 18.2 Å². The second-order valence-corrected chi connectivity index (χ2v) is 4.74. The zero-order valence-corrected chi connectivity index (χ0v) is 8.73. The van der Waals surface area contributed by atoms with Crippen LogP contribution in [0.15, 0.2) is 12.5 Å². The van der Waals surface area contributed by atoms with Crippen LogP contribution in [0.3, 0.4) is 0 Å². The molecule has 0 saturated heterocycles. The maximum absolute atomic E-state index is 10.8. The molecule has 0 spiro atoms. The third-order valence-electron chi connectivity index (χ3n) is 3.35. The Kier molecular flexibility index (Phi) is 2.17. The number of aromatic nitrogens is 2. The third-order valence-corrected chi connectivity index (χ3v) is 3.35. The Morgan fingerprint density at radius 2 is 2.43 bits per heavy atom. The summed E-state index contributed by atoms with van der Waals surface area (Å²) in [6.45, 7) is 4.53. The molecule has 1 aliphatic rings. The summed E-state index contributed by atoms with van der Waals surface area (Å²) in [4.78, 5) is 14.8. The van der Waals surface area contributed by atoms with Crippen LogP contribution in [0, 0.1) is 5.41 Å². The van der Waals surface area contributed by atoms with Crippen molar-refractivity contribution in [3.63, 3.8) is 0 Å². The van der Waals surface area contributed by atoms with Gasteiger partial charge in [0.15, 0.2) is 6.29 Å². The fourth-order valence-electron chi connectivity index (χ4n) is 2.49. The van der Waals surface area contributed by atoms with Crippen LogP contribution in [0.2, 0.25) is 0 Å². The summed E-state index contributed by atoms with van der Waals surface area (Å²) in [5, 5.41) is 0. The van der Waals surface area contributed by atoms with Gasteiger partial charge in [0.05, 0.1) is 12.5 Å². The van der Waals surface area contributed by atoms with Gasteiger partial charge in [0, 0.05) is 6.04 Å². The van der Waals surface area contributed by atoms with Gasteiger partial charge in [-0.3, -0.25) is 4.79 Å². The largest absolute Gasteiger partial charge is 0.325 e. The Morgan fingerprint density at radius 1 is 1.64 bits per heavy atom. The zero-order chi connectivity index (χ0) is 10.2. The normalized spacial score (nSPS) is 25.1. The number of carbonyl (C=O) groups excluding carboxylic acids is 1. The Hall–Kier alpha value is -1.12. The number of hydrogen-bond acceptors (Lipinski definition) is 2. The molecule has 0 radical (unpaired) electrons. The molecule has 0 amide bonds. The van der Waals surface area contributed by atoms with Crippen molar-refractivity contribution in [1.82, 2.24) is 9.55 Å². The van der Waals surface area contributed by atoms with E-state index >= 15 is 0 Å². The number of aldehydes is 1. The van der Waals surface area contributed by atoms with Crippen LogP contribution in [0.25, 0.3) is 0 Å². The lowest BCUT2D eigenvalue weighted by atomic mass is 9.87. The molecule has 3 heteroatoms. The highest BCUT2D eigenvalue weighted by molar-refractivity contribution is 5.71. The van der Waals surface area contributed by atoms with Gasteiger partial charge in [-0.2, -0.15) is 0 Å². The van der Waals surface area contributed by atoms with Crippen LogP contribution in [-0.2, 0) is 0 Å². The molecule has 0 bridgehead atoms. The minimum absolute atomic E-state index is 0.290. The molecule has 0 N–H and O–H groups in total. The van der Waals surface area contributed by atoms with Crippen molar-refractivity contribution in [2.75, 3.05) is 0 Å². The minimum Gasteiger partial charge on any atom is -0.325 e. The molecule has 2 rings (SSSR count). The van der Waals surface area contributed by atoms with Crippen LogP contribution in [0.1, 0.15) is 49.6 Å². The van der Waals surface area contributed by atoms with Crippen molar-refractivity contribution < 1.29 is 4.79 Å². The molecule has 1 aromatic rings. The van der Waals surface area contributed by atoms with Gasteiger partial charge in [-0.15, -0.1) is 0 Å². The van der Waals surface area contributed by atoms with Crippen molar-refractivity contribution in [1.29, 1.82) is 0 Å². The molecule has 1 unspecified atom stereocenters. The summed E-state index contributed by atoms with van der Waals surface area (Å²) in [5.74, 6) is 0. The summed E-state index contributed by atoms with van der Waals surface area (Å²) < 4.78 is 2.03. The predicted octanol–water partition coefficient (Wildman–Crippen LogP) is 2.45. The van der Waals surface area contributed by atoms with Crippen LogP contribution in [-0.4, -0.2) is 15.8 Å². The molecular weight excluding hydrogens is 176 g/mol. The number of rotatable bonds is 2. The first-order valence-corrected chi connectivity index (χ1v) is 5.12. The summed E-state index contributed by atoms with van der Waals surface area (Å²) in [7, 11) is 0. The fourth-order valence-corrected chi connectivity index (χ4v) is 2.49. The van der Waals surface area contributed by atoms with Crippen molar-refractivity contribution in [3.8, 4) is 0 Å². The smallest absolute Gasteiger partial charge is 0.168 e. The number of nitrogens with zero attached hydrogens (tertiary/aromatic N) is 2. The average Bonchev–Trinajstić information content (AvgIpc) is 2.69. The molecule has 1 saturated carbocycles. The molecule has 0 aliphatic heterocycles. The van der Waals surface area contributed by atoms with Crippen molar-refractivity contribution >= 4 is 6.29 Å². The highest BCUT2D eigenvalue weighted by atomic mass is 16.1. The van der Waals surface area contributed by atoms with Crippen LogP contribution in [0.5, 0.6) is 0 Å². The first kappa shape index (κ1) is 9.44. The van der Waals surface area contributed by atoms with E-state index in [4.69, 9.17) is 0 Å². The number of hydrogen-bond donors (Lipinski definition) is 0. The van der Waals surface area contributed by atoms with Gasteiger partial charge in [0.2, 0.25) is 0 Å². The lowest BCUT2D eigenvalue weighted by Crippen LogP contribution is -2.22. The molecule has 1 aromatic heterocycles. The van der Waals surface area contributed by atoms with Crippen molar-refractivity contribution in [2.45, 2.75) is 39.2 Å². The lowest BCUT2D eigenvalue weighted by molar-refractivity contribution is 0.110. The van der Waals surface area contributed by atoms with Crippen LogP contribution >= 0.6 is 0 Å². The summed E-state index contributed by atoms with van der Waals surface area (Å²) in [6, 6.07) is 0.435. The molecule has 3 nitrogen and oxygen atoms in total. The Balaban J connectivity index is 2.35. The Morgan fingerprint density at radius 3 is 3.00 bits per heavy atom. The summed E-state index contributed by atoms with van der Waals surface area (Å²) >= 11 is 0. The van der Waals surface area contributed by atoms with E-state index in [-0.39, 0.29) is 0 Å². The summed E-state index contributed by atoms with van der Waals surface area (Å²) in [6.07, 6.45) is 7.94. The fraction of sp³-hybridized carbons (Fsp3) is 0.636. The second kappa shape index (κ2) is 3.23. The maximum Gasteiger partial charge on any atom is 0.168 e. The molecule has 76 valence electrons. The predicted molar refractivity (Wildman–Crippen MR) is 54.3 cm³/mol. The van der Waals surface area contributed by atoms with E-state index in [1.54, 1.807) is 12.5 Å². The molecule has 14 heavy (non-hydrogen) atoms. The van der Waals surface area contributed by atoms with Gasteiger partial charge in [0.1, 0.15) is 5.69 Å². The highest BCUT2D eigenvalue weighted by Crippen LogP contribution is 2.45. The zero-order valence-electron chi connectivity index (χ0n) is 8.73. The molecule has 1 fully saturated rings. The first-order chi connectivity index (χ1) is 6.65. The van der Waals surface area contributed by atoms with Gasteiger partial charge < -0.3 is 4.57 Å². The third kappa shape index (κ3) is 1.37. The van der Waals surface area contributed by atoms with Crippen molar-refractivity contribution in [2.24, 2.45) is 5.41 Å². The second-order valence-electron chi connectivity index (χ2n) is 4.74. The van der Waals surface area contributed by atoms with Gasteiger partial charge in [-0.1, -0.05) is 20.3 Å². The molecule has 1 aliphatic carbocycles. The number of carbonyl (C=O) groups is 1. The average molecular weight is 192 g/mol. The Labute approximate surface area is 84.1 Å².